The maximum atomic E-state index is 11.5. The van der Waals surface area contributed by atoms with Crippen molar-refractivity contribution in [1.29, 1.82) is 0 Å². The van der Waals surface area contributed by atoms with Crippen LogP contribution in [0, 0.1) is 5.41 Å². The summed E-state index contributed by atoms with van der Waals surface area (Å²) in [6.07, 6.45) is 2.38. The zero-order valence-corrected chi connectivity index (χ0v) is 10.8. The molecule has 0 aliphatic rings. The van der Waals surface area contributed by atoms with Gasteiger partial charge in [0.25, 0.3) is 0 Å². The maximum Gasteiger partial charge on any atom is 0.225 e. The third-order valence-corrected chi connectivity index (χ3v) is 2.31. The van der Waals surface area contributed by atoms with E-state index in [-0.39, 0.29) is 11.3 Å². The molecule has 0 rings (SSSR count). The molecule has 0 saturated heterocycles. The Morgan fingerprint density at radius 1 is 1.27 bits per heavy atom. The van der Waals surface area contributed by atoms with Crippen LogP contribution in [0.3, 0.4) is 0 Å². The SMILES string of the molecule is CCCC(C)NCCNC(=O)C(C)(C)C. The van der Waals surface area contributed by atoms with Gasteiger partial charge in [0.05, 0.1) is 0 Å². The second-order valence-electron chi connectivity index (χ2n) is 5.15. The van der Waals surface area contributed by atoms with E-state index < -0.39 is 0 Å². The Bertz CT molecular complexity index is 185. The summed E-state index contributed by atoms with van der Waals surface area (Å²) < 4.78 is 0. The summed E-state index contributed by atoms with van der Waals surface area (Å²) in [4.78, 5) is 11.5. The lowest BCUT2D eigenvalue weighted by molar-refractivity contribution is -0.128. The molecule has 0 saturated carbocycles. The van der Waals surface area contributed by atoms with Gasteiger partial charge in [0.1, 0.15) is 0 Å². The molecule has 3 heteroatoms. The van der Waals surface area contributed by atoms with Gasteiger partial charge in [-0.1, -0.05) is 34.1 Å². The van der Waals surface area contributed by atoms with Gasteiger partial charge < -0.3 is 10.6 Å². The number of rotatable bonds is 6. The number of carbonyl (C=O) groups is 1. The van der Waals surface area contributed by atoms with E-state index in [2.05, 4.69) is 24.5 Å². The average molecular weight is 214 g/mol. The van der Waals surface area contributed by atoms with Crippen LogP contribution in [-0.2, 0) is 4.79 Å². The van der Waals surface area contributed by atoms with Crippen LogP contribution in [0.5, 0.6) is 0 Å². The molecule has 0 aliphatic heterocycles. The highest BCUT2D eigenvalue weighted by molar-refractivity contribution is 5.81. The van der Waals surface area contributed by atoms with Gasteiger partial charge >= 0.3 is 0 Å². The first-order valence-electron chi connectivity index (χ1n) is 5.89. The highest BCUT2D eigenvalue weighted by Gasteiger charge is 2.20. The lowest BCUT2D eigenvalue weighted by atomic mass is 9.96. The van der Waals surface area contributed by atoms with Crippen molar-refractivity contribution in [2.24, 2.45) is 5.41 Å². The molecule has 1 amide bonds. The molecule has 0 fully saturated rings. The molecule has 0 radical (unpaired) electrons. The van der Waals surface area contributed by atoms with Gasteiger partial charge in [0, 0.05) is 24.5 Å². The Kier molecular flexibility index (Phi) is 6.57. The number of hydrogen-bond donors (Lipinski definition) is 2. The van der Waals surface area contributed by atoms with Gasteiger partial charge in [0.15, 0.2) is 0 Å². The zero-order valence-electron chi connectivity index (χ0n) is 10.8. The molecule has 0 spiro atoms. The van der Waals surface area contributed by atoms with Crippen molar-refractivity contribution in [2.45, 2.75) is 53.5 Å². The van der Waals surface area contributed by atoms with Crippen LogP contribution in [0.25, 0.3) is 0 Å². The fourth-order valence-corrected chi connectivity index (χ4v) is 1.29. The molecule has 0 aromatic carbocycles. The standard InChI is InChI=1S/C12H26N2O/c1-6-7-10(2)13-8-9-14-11(15)12(3,4)5/h10,13H,6-9H2,1-5H3,(H,14,15). The summed E-state index contributed by atoms with van der Waals surface area (Å²) >= 11 is 0. The van der Waals surface area contributed by atoms with E-state index in [0.29, 0.717) is 12.6 Å². The highest BCUT2D eigenvalue weighted by atomic mass is 16.2. The maximum absolute atomic E-state index is 11.5. The van der Waals surface area contributed by atoms with Gasteiger partial charge in [0.2, 0.25) is 5.91 Å². The first-order chi connectivity index (χ1) is 6.88. The van der Waals surface area contributed by atoms with Gasteiger partial charge in [-0.25, -0.2) is 0 Å². The topological polar surface area (TPSA) is 41.1 Å². The molecule has 3 nitrogen and oxygen atoms in total. The Morgan fingerprint density at radius 3 is 2.33 bits per heavy atom. The fraction of sp³-hybridized carbons (Fsp3) is 0.917. The first-order valence-corrected chi connectivity index (χ1v) is 5.89. The molecule has 15 heavy (non-hydrogen) atoms. The van der Waals surface area contributed by atoms with E-state index in [1.54, 1.807) is 0 Å². The molecule has 1 unspecified atom stereocenters. The van der Waals surface area contributed by atoms with Crippen molar-refractivity contribution in [2.75, 3.05) is 13.1 Å². The van der Waals surface area contributed by atoms with Crippen molar-refractivity contribution in [3.05, 3.63) is 0 Å². The monoisotopic (exact) mass is 214 g/mol. The average Bonchev–Trinajstić information content (AvgIpc) is 2.11. The second-order valence-corrected chi connectivity index (χ2v) is 5.15. The number of carbonyl (C=O) groups excluding carboxylic acids is 1. The van der Waals surface area contributed by atoms with E-state index in [1.165, 1.54) is 12.8 Å². The molecule has 0 aliphatic carbocycles. The molecule has 0 aromatic heterocycles. The third-order valence-electron chi connectivity index (χ3n) is 2.31. The molecular weight excluding hydrogens is 188 g/mol. The van der Waals surface area contributed by atoms with Crippen LogP contribution in [0.4, 0.5) is 0 Å². The van der Waals surface area contributed by atoms with Crippen LogP contribution < -0.4 is 10.6 Å². The lowest BCUT2D eigenvalue weighted by Crippen LogP contribution is -2.40. The summed E-state index contributed by atoms with van der Waals surface area (Å²) in [7, 11) is 0. The Morgan fingerprint density at radius 2 is 1.87 bits per heavy atom. The Hall–Kier alpha value is -0.570. The van der Waals surface area contributed by atoms with E-state index in [9.17, 15) is 4.79 Å². The van der Waals surface area contributed by atoms with E-state index >= 15 is 0 Å². The molecule has 1 atom stereocenters. The normalized spacial score (nSPS) is 13.7. The van der Waals surface area contributed by atoms with Crippen LogP contribution in [-0.4, -0.2) is 25.0 Å². The summed E-state index contributed by atoms with van der Waals surface area (Å²) in [5.41, 5.74) is -0.283. The third kappa shape index (κ3) is 7.37. The summed E-state index contributed by atoms with van der Waals surface area (Å²) in [5, 5.41) is 6.29. The lowest BCUT2D eigenvalue weighted by Gasteiger charge is -2.18. The quantitative estimate of drug-likeness (QED) is 0.663. The predicted octanol–water partition coefficient (Wildman–Crippen LogP) is 1.93. The van der Waals surface area contributed by atoms with E-state index in [4.69, 9.17) is 0 Å². The summed E-state index contributed by atoms with van der Waals surface area (Å²) in [6, 6.07) is 0.543. The van der Waals surface area contributed by atoms with Crippen LogP contribution in [0.15, 0.2) is 0 Å². The first kappa shape index (κ1) is 14.4. The van der Waals surface area contributed by atoms with Crippen LogP contribution in [0.1, 0.15) is 47.5 Å². The summed E-state index contributed by atoms with van der Waals surface area (Å²) in [5.74, 6) is 0.118. The van der Waals surface area contributed by atoms with Gasteiger partial charge in [-0.2, -0.15) is 0 Å². The fourth-order valence-electron chi connectivity index (χ4n) is 1.29. The Balaban J connectivity index is 3.51. The van der Waals surface area contributed by atoms with Crippen molar-refractivity contribution in [3.63, 3.8) is 0 Å². The molecule has 90 valence electrons. The largest absolute Gasteiger partial charge is 0.354 e. The zero-order chi connectivity index (χ0) is 11.9. The predicted molar refractivity (Wildman–Crippen MR) is 64.8 cm³/mol. The highest BCUT2D eigenvalue weighted by Crippen LogP contribution is 2.11. The Labute approximate surface area is 94.0 Å². The number of nitrogens with one attached hydrogen (secondary N) is 2. The van der Waals surface area contributed by atoms with Crippen molar-refractivity contribution in [3.8, 4) is 0 Å². The number of hydrogen-bond acceptors (Lipinski definition) is 2. The van der Waals surface area contributed by atoms with Crippen molar-refractivity contribution >= 4 is 5.91 Å². The summed E-state index contributed by atoms with van der Waals surface area (Å²) in [6.45, 7) is 11.7. The molecular formula is C12H26N2O. The van der Waals surface area contributed by atoms with Crippen molar-refractivity contribution < 1.29 is 4.79 Å². The van der Waals surface area contributed by atoms with Crippen LogP contribution in [0.2, 0.25) is 0 Å². The van der Waals surface area contributed by atoms with Gasteiger partial charge in [-0.15, -0.1) is 0 Å². The van der Waals surface area contributed by atoms with E-state index in [1.807, 2.05) is 20.8 Å². The second kappa shape index (κ2) is 6.83. The number of amides is 1. The molecule has 0 heterocycles. The molecule has 2 N–H and O–H groups in total. The smallest absolute Gasteiger partial charge is 0.225 e. The van der Waals surface area contributed by atoms with Gasteiger partial charge in [-0.3, -0.25) is 4.79 Å². The minimum atomic E-state index is -0.283. The minimum absolute atomic E-state index is 0.118. The van der Waals surface area contributed by atoms with Gasteiger partial charge in [-0.05, 0) is 13.3 Å². The molecule has 0 bridgehead atoms. The van der Waals surface area contributed by atoms with E-state index in [0.717, 1.165) is 6.54 Å². The van der Waals surface area contributed by atoms with Crippen LogP contribution >= 0.6 is 0 Å². The minimum Gasteiger partial charge on any atom is -0.354 e. The molecule has 0 aromatic rings. The van der Waals surface area contributed by atoms with Crippen molar-refractivity contribution in [1.82, 2.24) is 10.6 Å².